The number of nitrogens with zero attached hydrogens (tertiary/aromatic N) is 2. The van der Waals surface area contributed by atoms with Crippen molar-refractivity contribution in [2.75, 3.05) is 11.1 Å². The fourth-order valence-corrected chi connectivity index (χ4v) is 4.72. The molecule has 0 aliphatic heterocycles. The van der Waals surface area contributed by atoms with E-state index in [1.165, 1.54) is 28.6 Å². The summed E-state index contributed by atoms with van der Waals surface area (Å²) in [5, 5.41) is 11.5. The van der Waals surface area contributed by atoms with Crippen LogP contribution in [0.1, 0.15) is 23.8 Å². The van der Waals surface area contributed by atoms with E-state index in [4.69, 9.17) is 4.42 Å². The fourth-order valence-electron chi connectivity index (χ4n) is 3.02. The van der Waals surface area contributed by atoms with Gasteiger partial charge in [-0.05, 0) is 48.9 Å². The zero-order valence-corrected chi connectivity index (χ0v) is 16.0. The molecule has 1 amide bonds. The highest BCUT2D eigenvalue weighted by Crippen LogP contribution is 2.37. The molecule has 0 unspecified atom stereocenters. The summed E-state index contributed by atoms with van der Waals surface area (Å²) >= 11 is 3.00. The third-order valence-electron chi connectivity index (χ3n) is 4.33. The lowest BCUT2D eigenvalue weighted by molar-refractivity contribution is -0.113. The van der Waals surface area contributed by atoms with Crippen molar-refractivity contribution in [1.29, 1.82) is 0 Å². The van der Waals surface area contributed by atoms with E-state index < -0.39 is 0 Å². The quantitative estimate of drug-likeness (QED) is 0.647. The van der Waals surface area contributed by atoms with Gasteiger partial charge in [0.15, 0.2) is 0 Å². The molecule has 0 bridgehead atoms. The Morgan fingerprint density at radius 2 is 2.19 bits per heavy atom. The van der Waals surface area contributed by atoms with Crippen molar-refractivity contribution < 1.29 is 9.21 Å². The van der Waals surface area contributed by atoms with Crippen molar-refractivity contribution in [2.45, 2.75) is 31.4 Å². The summed E-state index contributed by atoms with van der Waals surface area (Å²) in [5.74, 6) is 1.42. The predicted molar refractivity (Wildman–Crippen MR) is 105 cm³/mol. The molecule has 2 aromatic heterocycles. The minimum Gasteiger partial charge on any atom is -0.410 e. The molecule has 4 rings (SSSR count). The van der Waals surface area contributed by atoms with Gasteiger partial charge in [0.2, 0.25) is 5.91 Å². The molecule has 1 aliphatic rings. The number of rotatable bonds is 5. The van der Waals surface area contributed by atoms with Crippen LogP contribution in [0.15, 0.2) is 46.0 Å². The van der Waals surface area contributed by atoms with Gasteiger partial charge in [0, 0.05) is 10.6 Å². The molecule has 1 N–H and O–H groups in total. The van der Waals surface area contributed by atoms with Gasteiger partial charge in [0.1, 0.15) is 0 Å². The second-order valence-corrected chi connectivity index (χ2v) is 8.55. The fraction of sp³-hybridized carbons (Fsp3) is 0.316. The Balaban J connectivity index is 1.37. The largest absolute Gasteiger partial charge is 0.410 e. The number of amides is 1. The van der Waals surface area contributed by atoms with Crippen LogP contribution in [-0.4, -0.2) is 21.9 Å². The van der Waals surface area contributed by atoms with E-state index in [1.807, 2.05) is 30.3 Å². The van der Waals surface area contributed by atoms with Crippen molar-refractivity contribution in [1.82, 2.24) is 10.2 Å². The third kappa shape index (κ3) is 3.99. The monoisotopic (exact) mass is 385 g/mol. The maximum atomic E-state index is 12.0. The van der Waals surface area contributed by atoms with Crippen LogP contribution in [0.3, 0.4) is 0 Å². The Morgan fingerprint density at radius 3 is 3.04 bits per heavy atom. The van der Waals surface area contributed by atoms with Gasteiger partial charge in [-0.2, -0.15) is 0 Å². The zero-order chi connectivity index (χ0) is 17.9. The molecule has 3 aromatic rings. The predicted octanol–water partition coefficient (Wildman–Crippen LogP) is 4.65. The van der Waals surface area contributed by atoms with E-state index in [0.717, 1.165) is 29.3 Å². The third-order valence-corrected chi connectivity index (χ3v) is 6.37. The summed E-state index contributed by atoms with van der Waals surface area (Å²) in [4.78, 5) is 14.5. The van der Waals surface area contributed by atoms with E-state index in [9.17, 15) is 4.79 Å². The zero-order valence-electron chi connectivity index (χ0n) is 14.4. The number of para-hydroxylation sites is 1. The van der Waals surface area contributed by atoms with E-state index >= 15 is 0 Å². The van der Waals surface area contributed by atoms with Gasteiger partial charge in [0.25, 0.3) is 11.1 Å². The lowest BCUT2D eigenvalue weighted by Crippen LogP contribution is -2.13. The number of anilines is 1. The molecule has 1 atom stereocenters. The van der Waals surface area contributed by atoms with Crippen molar-refractivity contribution in [3.8, 4) is 10.8 Å². The molecular weight excluding hydrogens is 366 g/mol. The number of benzene rings is 1. The van der Waals surface area contributed by atoms with Gasteiger partial charge in [-0.15, -0.1) is 21.5 Å². The van der Waals surface area contributed by atoms with E-state index in [1.54, 1.807) is 11.3 Å². The van der Waals surface area contributed by atoms with Crippen LogP contribution in [0.5, 0.6) is 0 Å². The molecule has 26 heavy (non-hydrogen) atoms. The standard InChI is InChI=1S/C19H19N3O2S2/c1-12-7-8-15-13(9-12)10-16(26-15)18-21-22-19(24-18)25-11-17(23)20-14-5-3-2-4-6-14/h2-6,10,12H,7-9,11H2,1H3,(H,20,23)/t12-/m1/s1. The Kier molecular flexibility index (Phi) is 5.08. The summed E-state index contributed by atoms with van der Waals surface area (Å²) in [6.07, 6.45) is 3.51. The number of hydrogen-bond donors (Lipinski definition) is 1. The van der Waals surface area contributed by atoms with Crippen LogP contribution in [0.25, 0.3) is 10.8 Å². The van der Waals surface area contributed by atoms with Crippen LogP contribution in [0.2, 0.25) is 0 Å². The molecule has 2 heterocycles. The number of hydrogen-bond acceptors (Lipinski definition) is 6. The Hall–Kier alpha value is -2.12. The second-order valence-electron chi connectivity index (χ2n) is 6.48. The summed E-state index contributed by atoms with van der Waals surface area (Å²) in [5.41, 5.74) is 2.20. The van der Waals surface area contributed by atoms with Crippen molar-refractivity contribution in [2.24, 2.45) is 5.92 Å². The summed E-state index contributed by atoms with van der Waals surface area (Å²) < 4.78 is 5.75. The highest BCUT2D eigenvalue weighted by Gasteiger charge is 2.21. The van der Waals surface area contributed by atoms with E-state index in [-0.39, 0.29) is 11.7 Å². The number of thioether (sulfide) groups is 1. The molecule has 0 radical (unpaired) electrons. The SMILES string of the molecule is C[C@@H]1CCc2sc(-c3nnc(SCC(=O)Nc4ccccc4)o3)cc2C1. The molecular formula is C19H19N3O2S2. The lowest BCUT2D eigenvalue weighted by Gasteiger charge is -2.16. The number of nitrogens with one attached hydrogen (secondary N) is 1. The molecule has 134 valence electrons. The topological polar surface area (TPSA) is 68.0 Å². The summed E-state index contributed by atoms with van der Waals surface area (Å²) in [6, 6.07) is 11.6. The number of carbonyl (C=O) groups is 1. The van der Waals surface area contributed by atoms with Gasteiger partial charge in [-0.3, -0.25) is 4.79 Å². The van der Waals surface area contributed by atoms with E-state index in [0.29, 0.717) is 11.1 Å². The van der Waals surface area contributed by atoms with Crippen LogP contribution < -0.4 is 5.32 Å². The van der Waals surface area contributed by atoms with Gasteiger partial charge in [0.05, 0.1) is 10.6 Å². The summed E-state index contributed by atoms with van der Waals surface area (Å²) in [7, 11) is 0. The first-order valence-electron chi connectivity index (χ1n) is 8.60. The van der Waals surface area contributed by atoms with Crippen LogP contribution >= 0.6 is 23.1 Å². The maximum Gasteiger partial charge on any atom is 0.277 e. The summed E-state index contributed by atoms with van der Waals surface area (Å²) in [6.45, 7) is 2.29. The van der Waals surface area contributed by atoms with Crippen molar-refractivity contribution in [3.63, 3.8) is 0 Å². The molecule has 7 heteroatoms. The highest BCUT2D eigenvalue weighted by atomic mass is 32.2. The first kappa shape index (κ1) is 17.3. The molecule has 5 nitrogen and oxygen atoms in total. The number of fused-ring (bicyclic) bond motifs is 1. The Labute approximate surface area is 160 Å². The second kappa shape index (κ2) is 7.63. The van der Waals surface area contributed by atoms with Crippen LogP contribution in [0, 0.1) is 5.92 Å². The molecule has 0 fully saturated rings. The minimum absolute atomic E-state index is 0.0958. The van der Waals surface area contributed by atoms with Gasteiger partial charge in [-0.1, -0.05) is 36.9 Å². The number of thiophene rings is 1. The van der Waals surface area contributed by atoms with Crippen molar-refractivity contribution in [3.05, 3.63) is 46.8 Å². The van der Waals surface area contributed by atoms with Crippen LogP contribution in [-0.2, 0) is 17.6 Å². The number of aryl methyl sites for hydroxylation is 1. The lowest BCUT2D eigenvalue weighted by atomic mass is 9.90. The average Bonchev–Trinajstić information content (AvgIpc) is 3.27. The number of aromatic nitrogens is 2. The molecule has 1 aliphatic carbocycles. The smallest absolute Gasteiger partial charge is 0.277 e. The van der Waals surface area contributed by atoms with Gasteiger partial charge >= 0.3 is 0 Å². The molecule has 0 spiro atoms. The molecule has 0 saturated heterocycles. The first-order chi connectivity index (χ1) is 12.7. The van der Waals surface area contributed by atoms with Gasteiger partial charge < -0.3 is 9.73 Å². The van der Waals surface area contributed by atoms with E-state index in [2.05, 4.69) is 28.5 Å². The Morgan fingerprint density at radius 1 is 1.35 bits per heavy atom. The minimum atomic E-state index is -0.0958. The molecule has 0 saturated carbocycles. The normalized spacial score (nSPS) is 16.3. The maximum absolute atomic E-state index is 12.0. The number of carbonyl (C=O) groups excluding carboxylic acids is 1. The van der Waals surface area contributed by atoms with Crippen molar-refractivity contribution >= 4 is 34.7 Å². The van der Waals surface area contributed by atoms with Gasteiger partial charge in [-0.25, -0.2) is 0 Å². The Bertz CT molecular complexity index is 905. The first-order valence-corrected chi connectivity index (χ1v) is 10.4. The average molecular weight is 386 g/mol. The van der Waals surface area contributed by atoms with Crippen LogP contribution in [0.4, 0.5) is 5.69 Å². The highest BCUT2D eigenvalue weighted by molar-refractivity contribution is 7.99. The molecule has 1 aromatic carbocycles.